The fourth-order valence-corrected chi connectivity index (χ4v) is 8.19. The lowest BCUT2D eigenvalue weighted by atomic mass is 10.0. The zero-order valence-electron chi connectivity index (χ0n) is 22.1. The van der Waals surface area contributed by atoms with E-state index < -0.39 is 10.0 Å². The molecule has 0 bridgehead atoms. The van der Waals surface area contributed by atoms with Crippen LogP contribution in [0.1, 0.15) is 66.4 Å². The van der Waals surface area contributed by atoms with Crippen LogP contribution in [0.2, 0.25) is 5.02 Å². The minimum atomic E-state index is -3.58. The Morgan fingerprint density at radius 3 is 2.51 bits per heavy atom. The summed E-state index contributed by atoms with van der Waals surface area (Å²) < 4.78 is 35.2. The molecule has 1 aliphatic heterocycles. The van der Waals surface area contributed by atoms with E-state index in [4.69, 9.17) is 16.0 Å². The maximum Gasteiger partial charge on any atom is 0.252 e. The molecule has 0 spiro atoms. The fraction of sp³-hybridized carbons (Fsp3) is 0.464. The van der Waals surface area contributed by atoms with E-state index in [1.807, 2.05) is 12.1 Å². The summed E-state index contributed by atoms with van der Waals surface area (Å²) in [5.41, 5.74) is 0.505. The van der Waals surface area contributed by atoms with E-state index >= 15 is 0 Å². The van der Waals surface area contributed by atoms with Gasteiger partial charge in [-0.3, -0.25) is 9.69 Å². The molecule has 0 aliphatic carbocycles. The molecular formula is C28H35BrClN3O4S2. The van der Waals surface area contributed by atoms with Gasteiger partial charge < -0.3 is 9.73 Å². The number of rotatable bonds is 13. The van der Waals surface area contributed by atoms with Crippen LogP contribution in [0, 0.1) is 0 Å². The zero-order valence-corrected chi connectivity index (χ0v) is 26.0. The molecule has 1 aliphatic rings. The van der Waals surface area contributed by atoms with E-state index in [1.165, 1.54) is 30.6 Å². The molecule has 2 aromatic heterocycles. The number of nitrogens with one attached hydrogen (secondary N) is 1. The number of nitrogens with zero attached hydrogens (tertiary/aromatic N) is 2. The second-order valence-electron chi connectivity index (χ2n) is 9.78. The Balaban J connectivity index is 1.33. The number of sulfonamides is 1. The largest absolute Gasteiger partial charge is 0.453 e. The van der Waals surface area contributed by atoms with Gasteiger partial charge in [0.05, 0.1) is 13.1 Å². The van der Waals surface area contributed by atoms with Crippen LogP contribution < -0.4 is 5.32 Å². The first-order chi connectivity index (χ1) is 18.8. The number of amides is 1. The van der Waals surface area contributed by atoms with Gasteiger partial charge in [0, 0.05) is 34.6 Å². The number of carbonyl (C=O) groups is 1. The number of carbonyl (C=O) groups excluding carboxylic acids is 1. The second-order valence-corrected chi connectivity index (χ2v) is 14.3. The predicted octanol–water partition coefficient (Wildman–Crippen LogP) is 6.92. The number of hydrogen-bond acceptors (Lipinski definition) is 6. The molecule has 11 heteroatoms. The van der Waals surface area contributed by atoms with Crippen LogP contribution in [0.15, 0.2) is 61.8 Å². The molecule has 7 nitrogen and oxygen atoms in total. The molecule has 4 rings (SSSR count). The van der Waals surface area contributed by atoms with E-state index in [9.17, 15) is 13.2 Å². The smallest absolute Gasteiger partial charge is 0.252 e. The van der Waals surface area contributed by atoms with Crippen LogP contribution in [0.3, 0.4) is 0 Å². The first-order valence-corrected chi connectivity index (χ1v) is 16.8. The Morgan fingerprint density at radius 2 is 1.85 bits per heavy atom. The molecule has 1 fully saturated rings. The Bertz CT molecular complexity index is 1320. The lowest BCUT2D eigenvalue weighted by molar-refractivity contribution is 0.0951. The summed E-state index contributed by atoms with van der Waals surface area (Å²) in [6.45, 7) is 5.15. The zero-order chi connectivity index (χ0) is 27.8. The Labute approximate surface area is 248 Å². The first kappa shape index (κ1) is 30.3. The average molecular weight is 657 g/mol. The van der Waals surface area contributed by atoms with Crippen LogP contribution in [0.5, 0.6) is 0 Å². The van der Waals surface area contributed by atoms with E-state index in [0.717, 1.165) is 47.7 Å². The van der Waals surface area contributed by atoms with Crippen molar-refractivity contribution >= 4 is 54.8 Å². The van der Waals surface area contributed by atoms with E-state index in [1.54, 1.807) is 40.7 Å². The maximum atomic E-state index is 13.4. The van der Waals surface area contributed by atoms with Gasteiger partial charge in [0.1, 0.15) is 9.97 Å². The number of furan rings is 1. The molecule has 0 radical (unpaired) electrons. The normalized spacial score (nSPS) is 15.2. The van der Waals surface area contributed by atoms with Gasteiger partial charge >= 0.3 is 0 Å². The summed E-state index contributed by atoms with van der Waals surface area (Å²) in [5.74, 6) is 0.689. The summed E-state index contributed by atoms with van der Waals surface area (Å²) >= 11 is 10.5. The summed E-state index contributed by atoms with van der Waals surface area (Å²) in [4.78, 5) is 15.6. The van der Waals surface area contributed by atoms with Gasteiger partial charge in [0.2, 0.25) is 0 Å². The average Bonchev–Trinajstić information content (AvgIpc) is 3.59. The second kappa shape index (κ2) is 14.3. The molecule has 3 heterocycles. The molecule has 0 unspecified atom stereocenters. The molecule has 0 saturated carbocycles. The highest BCUT2D eigenvalue weighted by molar-refractivity contribution is 9.10. The highest BCUT2D eigenvalue weighted by atomic mass is 79.9. The van der Waals surface area contributed by atoms with Crippen LogP contribution in [-0.2, 0) is 23.1 Å². The summed E-state index contributed by atoms with van der Waals surface area (Å²) in [6.07, 6.45) is 6.31. The fourth-order valence-electron chi connectivity index (χ4n) is 4.81. The third-order valence-corrected chi connectivity index (χ3v) is 11.1. The minimum Gasteiger partial charge on any atom is -0.453 e. The van der Waals surface area contributed by atoms with E-state index in [-0.39, 0.29) is 12.5 Å². The number of thiophene rings is 1. The van der Waals surface area contributed by atoms with Gasteiger partial charge in [0.25, 0.3) is 15.9 Å². The Morgan fingerprint density at radius 1 is 1.10 bits per heavy atom. The van der Waals surface area contributed by atoms with Crippen molar-refractivity contribution in [1.82, 2.24) is 14.5 Å². The Hall–Kier alpha value is -1.69. The van der Waals surface area contributed by atoms with Crippen LogP contribution in [0.25, 0.3) is 0 Å². The van der Waals surface area contributed by atoms with Crippen molar-refractivity contribution in [1.29, 1.82) is 0 Å². The molecule has 1 aromatic carbocycles. The summed E-state index contributed by atoms with van der Waals surface area (Å²) in [6, 6.07) is 14.3. The summed E-state index contributed by atoms with van der Waals surface area (Å²) in [5, 5.41) is 3.41. The quantitative estimate of drug-likeness (QED) is 0.202. The third kappa shape index (κ3) is 8.41. The van der Waals surface area contributed by atoms with Crippen LogP contribution >= 0.6 is 38.9 Å². The van der Waals surface area contributed by atoms with Gasteiger partial charge in [-0.1, -0.05) is 37.8 Å². The first-order valence-electron chi connectivity index (χ1n) is 13.4. The third-order valence-electron chi connectivity index (χ3n) is 6.99. The SMILES string of the molecule is CCCCCCN(Cc1ccc(Br)o1)C1CCN(S(=O)(=O)c2ccc(CNC(=O)c3ccc(Cl)cc3)s2)CC1. The molecule has 0 atom stereocenters. The topological polar surface area (TPSA) is 82.9 Å². The molecule has 1 saturated heterocycles. The number of benzene rings is 1. The molecule has 3 aromatic rings. The Kier molecular flexibility index (Phi) is 11.1. The standard InChI is InChI=1S/C28H35BrClN3O4S2/c1-2-3-4-5-16-32(20-24-10-12-26(29)37-24)23-14-17-33(18-15-23)39(35,36)27-13-11-25(38-27)19-31-28(34)21-6-8-22(30)9-7-21/h6-13,23H,2-5,14-20H2,1H3,(H,31,34). The van der Waals surface area contributed by atoms with Gasteiger partial charge in [-0.15, -0.1) is 11.3 Å². The van der Waals surface area contributed by atoms with Gasteiger partial charge in [0.15, 0.2) is 4.67 Å². The van der Waals surface area contributed by atoms with Gasteiger partial charge in [-0.25, -0.2) is 8.42 Å². The van der Waals surface area contributed by atoms with Crippen LogP contribution in [0.4, 0.5) is 0 Å². The lowest BCUT2D eigenvalue weighted by Gasteiger charge is -2.37. The van der Waals surface area contributed by atoms with Crippen molar-refractivity contribution in [3.63, 3.8) is 0 Å². The molecular weight excluding hydrogens is 622 g/mol. The van der Waals surface area contributed by atoms with E-state index in [2.05, 4.69) is 33.1 Å². The van der Waals surface area contributed by atoms with Crippen molar-refractivity contribution in [2.45, 2.75) is 68.8 Å². The van der Waals surface area contributed by atoms with E-state index in [0.29, 0.717) is 33.9 Å². The van der Waals surface area contributed by atoms with Crippen molar-refractivity contribution in [3.05, 3.63) is 74.4 Å². The van der Waals surface area contributed by atoms with Crippen LogP contribution in [-0.4, -0.2) is 49.2 Å². The van der Waals surface area contributed by atoms with Gasteiger partial charge in [-0.2, -0.15) is 4.31 Å². The number of unbranched alkanes of at least 4 members (excludes halogenated alkanes) is 3. The number of hydrogen-bond donors (Lipinski definition) is 1. The maximum absolute atomic E-state index is 13.4. The predicted molar refractivity (Wildman–Crippen MR) is 160 cm³/mol. The monoisotopic (exact) mass is 655 g/mol. The van der Waals surface area contributed by atoms with Crippen molar-refractivity contribution < 1.29 is 17.6 Å². The van der Waals surface area contributed by atoms with Crippen molar-refractivity contribution in [3.8, 4) is 0 Å². The highest BCUT2D eigenvalue weighted by Crippen LogP contribution is 2.29. The van der Waals surface area contributed by atoms with Gasteiger partial charge in [-0.05, 0) is 90.3 Å². The molecule has 1 N–H and O–H groups in total. The number of halogens is 2. The summed E-state index contributed by atoms with van der Waals surface area (Å²) in [7, 11) is -3.58. The lowest BCUT2D eigenvalue weighted by Crippen LogP contribution is -2.46. The minimum absolute atomic E-state index is 0.229. The molecule has 39 heavy (non-hydrogen) atoms. The van der Waals surface area contributed by atoms with Crippen molar-refractivity contribution in [2.75, 3.05) is 19.6 Å². The number of piperidine rings is 1. The van der Waals surface area contributed by atoms with Crippen molar-refractivity contribution in [2.24, 2.45) is 0 Å². The highest BCUT2D eigenvalue weighted by Gasteiger charge is 2.32. The molecule has 1 amide bonds. The molecule has 212 valence electrons.